The lowest BCUT2D eigenvalue weighted by atomic mass is 9.92. The highest BCUT2D eigenvalue weighted by Gasteiger charge is 2.34. The highest BCUT2D eigenvalue weighted by molar-refractivity contribution is 7.80. The number of thiocarbonyl (C=S) groups is 1. The third kappa shape index (κ3) is 3.53. The van der Waals surface area contributed by atoms with Crippen molar-refractivity contribution in [3.63, 3.8) is 0 Å². The second-order valence-electron chi connectivity index (χ2n) is 5.46. The van der Waals surface area contributed by atoms with Crippen molar-refractivity contribution in [1.29, 1.82) is 0 Å². The Morgan fingerprint density at radius 1 is 1.19 bits per heavy atom. The first-order valence-electron chi connectivity index (χ1n) is 7.52. The minimum Gasteiger partial charge on any atom is -0.466 e. The maximum absolute atomic E-state index is 13.3. The zero-order valence-corrected chi connectivity index (χ0v) is 15.8. The van der Waals surface area contributed by atoms with Crippen LogP contribution < -0.4 is 10.6 Å². The van der Waals surface area contributed by atoms with Crippen molar-refractivity contribution in [3.8, 4) is 0 Å². The van der Waals surface area contributed by atoms with Gasteiger partial charge in [-0.1, -0.05) is 35.3 Å². The largest absolute Gasteiger partial charge is 0.466 e. The van der Waals surface area contributed by atoms with Gasteiger partial charge < -0.3 is 15.4 Å². The highest BCUT2D eigenvalue weighted by atomic mass is 35.5. The van der Waals surface area contributed by atoms with E-state index in [1.165, 1.54) is 19.2 Å². The molecule has 1 atom stereocenters. The first-order chi connectivity index (χ1) is 12.4. The fourth-order valence-electron chi connectivity index (χ4n) is 2.72. The third-order valence-electron chi connectivity index (χ3n) is 3.90. The van der Waals surface area contributed by atoms with Crippen molar-refractivity contribution >= 4 is 52.2 Å². The van der Waals surface area contributed by atoms with Gasteiger partial charge >= 0.3 is 5.97 Å². The van der Waals surface area contributed by atoms with Crippen LogP contribution in [0.25, 0.3) is 5.70 Å². The van der Waals surface area contributed by atoms with E-state index in [1.807, 2.05) is 0 Å². The van der Waals surface area contributed by atoms with Crippen LogP contribution in [-0.2, 0) is 9.53 Å². The Kier molecular flexibility index (Phi) is 5.46. The number of rotatable bonds is 3. The minimum atomic E-state index is -0.678. The van der Waals surface area contributed by atoms with Crippen LogP contribution in [0, 0.1) is 5.82 Å². The summed E-state index contributed by atoms with van der Waals surface area (Å²) in [6.07, 6.45) is 0. The van der Waals surface area contributed by atoms with Gasteiger partial charge in [0.2, 0.25) is 0 Å². The van der Waals surface area contributed by atoms with Crippen LogP contribution in [0.3, 0.4) is 0 Å². The first-order valence-corrected chi connectivity index (χ1v) is 8.68. The number of carbonyl (C=O) groups is 1. The molecule has 1 aliphatic heterocycles. The first kappa shape index (κ1) is 18.6. The molecule has 8 heteroatoms. The number of hydrogen-bond acceptors (Lipinski definition) is 3. The van der Waals surface area contributed by atoms with Gasteiger partial charge in [-0.25, -0.2) is 9.18 Å². The fraction of sp³-hybridized carbons (Fsp3) is 0.111. The zero-order chi connectivity index (χ0) is 18.8. The predicted octanol–water partition coefficient (Wildman–Crippen LogP) is 4.24. The molecule has 2 aromatic rings. The SMILES string of the molecule is COC(=O)C1=C(c2ccc(F)cc2)NC(=S)NC1c1cccc(Cl)c1Cl. The van der Waals surface area contributed by atoms with Crippen LogP contribution in [0.2, 0.25) is 10.0 Å². The van der Waals surface area contributed by atoms with E-state index in [1.54, 1.807) is 30.3 Å². The summed E-state index contributed by atoms with van der Waals surface area (Å²) in [6, 6.07) is 10.1. The standard InChI is InChI=1S/C18H13Cl2FN2O2S/c1-25-17(24)13-15(9-5-7-10(21)8-6-9)22-18(26)23-16(13)11-3-2-4-12(19)14(11)20/h2-8,16H,1H3,(H2,22,23,26). The van der Waals surface area contributed by atoms with Gasteiger partial charge in [0, 0.05) is 0 Å². The number of carbonyl (C=O) groups excluding carboxylic acids is 1. The summed E-state index contributed by atoms with van der Waals surface area (Å²) >= 11 is 17.7. The molecule has 0 spiro atoms. The molecule has 0 bridgehead atoms. The zero-order valence-electron chi connectivity index (χ0n) is 13.5. The van der Waals surface area contributed by atoms with Gasteiger partial charge in [-0.2, -0.15) is 0 Å². The summed E-state index contributed by atoms with van der Waals surface area (Å²) in [5, 5.41) is 6.92. The molecule has 0 fully saturated rings. The van der Waals surface area contributed by atoms with Gasteiger partial charge in [0.15, 0.2) is 5.11 Å². The molecule has 2 N–H and O–H groups in total. The van der Waals surface area contributed by atoms with Gasteiger partial charge in [-0.05, 0) is 53.7 Å². The number of benzene rings is 2. The Labute approximate surface area is 164 Å². The topological polar surface area (TPSA) is 50.4 Å². The van der Waals surface area contributed by atoms with Crippen molar-refractivity contribution in [2.45, 2.75) is 6.04 Å². The Hall–Kier alpha value is -2.15. The number of ether oxygens (including phenoxy) is 1. The van der Waals surface area contributed by atoms with Crippen LogP contribution in [0.4, 0.5) is 4.39 Å². The molecule has 0 aromatic heterocycles. The average Bonchev–Trinajstić information content (AvgIpc) is 2.63. The smallest absolute Gasteiger partial charge is 0.338 e. The minimum absolute atomic E-state index is 0.261. The Bertz CT molecular complexity index is 916. The molecule has 26 heavy (non-hydrogen) atoms. The molecule has 0 radical (unpaired) electrons. The van der Waals surface area contributed by atoms with E-state index in [4.69, 9.17) is 40.2 Å². The maximum atomic E-state index is 13.3. The van der Waals surface area contributed by atoms with Crippen LogP contribution in [0.15, 0.2) is 48.0 Å². The molecule has 0 saturated heterocycles. The maximum Gasteiger partial charge on any atom is 0.338 e. The Balaban J connectivity index is 2.23. The quantitative estimate of drug-likeness (QED) is 0.585. The molecule has 1 aliphatic rings. The predicted molar refractivity (Wildman–Crippen MR) is 103 cm³/mol. The second kappa shape index (κ2) is 7.61. The monoisotopic (exact) mass is 410 g/mol. The number of esters is 1. The van der Waals surface area contributed by atoms with Crippen LogP contribution in [0.1, 0.15) is 17.2 Å². The fourth-order valence-corrected chi connectivity index (χ4v) is 3.35. The molecule has 3 rings (SSSR count). The van der Waals surface area contributed by atoms with Crippen molar-refractivity contribution in [3.05, 3.63) is 75.0 Å². The summed E-state index contributed by atoms with van der Waals surface area (Å²) in [4.78, 5) is 12.6. The van der Waals surface area contributed by atoms with Gasteiger partial charge in [0.05, 0.1) is 34.5 Å². The Morgan fingerprint density at radius 3 is 2.54 bits per heavy atom. The molecule has 0 aliphatic carbocycles. The molecular formula is C18H13Cl2FN2O2S. The van der Waals surface area contributed by atoms with Crippen molar-refractivity contribution in [1.82, 2.24) is 10.6 Å². The summed E-state index contributed by atoms with van der Waals surface area (Å²) in [5.74, 6) is -0.965. The third-order valence-corrected chi connectivity index (χ3v) is 4.96. The highest BCUT2D eigenvalue weighted by Crippen LogP contribution is 2.37. The number of nitrogens with one attached hydrogen (secondary N) is 2. The number of halogens is 3. The van der Waals surface area contributed by atoms with E-state index < -0.39 is 12.0 Å². The second-order valence-corrected chi connectivity index (χ2v) is 6.66. The van der Waals surface area contributed by atoms with Gasteiger partial charge in [-0.3, -0.25) is 0 Å². The van der Waals surface area contributed by atoms with Gasteiger partial charge in [0.25, 0.3) is 0 Å². The van der Waals surface area contributed by atoms with E-state index in [2.05, 4.69) is 10.6 Å². The molecule has 2 aromatic carbocycles. The summed E-state index contributed by atoms with van der Waals surface area (Å²) in [6.45, 7) is 0. The molecule has 1 unspecified atom stereocenters. The van der Waals surface area contributed by atoms with E-state index in [0.717, 1.165) is 0 Å². The van der Waals surface area contributed by atoms with Crippen LogP contribution >= 0.6 is 35.4 Å². The van der Waals surface area contributed by atoms with Crippen molar-refractivity contribution < 1.29 is 13.9 Å². The molecule has 0 saturated carbocycles. The van der Waals surface area contributed by atoms with E-state index in [0.29, 0.717) is 26.9 Å². The Morgan fingerprint density at radius 2 is 1.88 bits per heavy atom. The van der Waals surface area contributed by atoms with Crippen LogP contribution in [0.5, 0.6) is 0 Å². The van der Waals surface area contributed by atoms with Crippen molar-refractivity contribution in [2.75, 3.05) is 7.11 Å². The lowest BCUT2D eigenvalue weighted by Gasteiger charge is -2.31. The van der Waals surface area contributed by atoms with E-state index >= 15 is 0 Å². The molecule has 134 valence electrons. The number of methoxy groups -OCH3 is 1. The summed E-state index contributed by atoms with van der Waals surface area (Å²) in [7, 11) is 1.28. The molecular weight excluding hydrogens is 398 g/mol. The lowest BCUT2D eigenvalue weighted by molar-refractivity contribution is -0.136. The van der Waals surface area contributed by atoms with Gasteiger partial charge in [0.1, 0.15) is 5.82 Å². The van der Waals surface area contributed by atoms with E-state index in [9.17, 15) is 9.18 Å². The molecule has 0 amide bonds. The number of hydrogen-bond donors (Lipinski definition) is 2. The molecule has 4 nitrogen and oxygen atoms in total. The normalized spacial score (nSPS) is 16.8. The van der Waals surface area contributed by atoms with E-state index in [-0.39, 0.29) is 16.5 Å². The van der Waals surface area contributed by atoms with Gasteiger partial charge in [-0.15, -0.1) is 0 Å². The summed E-state index contributed by atoms with van der Waals surface area (Å²) < 4.78 is 18.2. The summed E-state index contributed by atoms with van der Waals surface area (Å²) in [5.41, 5.74) is 1.83. The molecule has 1 heterocycles. The average molecular weight is 411 g/mol. The van der Waals surface area contributed by atoms with Crippen molar-refractivity contribution in [2.24, 2.45) is 0 Å². The van der Waals surface area contributed by atoms with Crippen LogP contribution in [-0.4, -0.2) is 18.2 Å². The lowest BCUT2D eigenvalue weighted by Crippen LogP contribution is -2.45.